The molecule has 0 aromatic carbocycles. The zero-order valence-corrected chi connectivity index (χ0v) is 11.2. The third kappa shape index (κ3) is 4.04. The second kappa shape index (κ2) is 7.33. The van der Waals surface area contributed by atoms with Gasteiger partial charge in [0.2, 0.25) is 0 Å². The maximum atomic E-state index is 8.98. The van der Waals surface area contributed by atoms with E-state index in [0.717, 1.165) is 6.42 Å². The number of anilines is 1. The molecular formula is C10H13ClN4OS. The Balaban J connectivity index is 2.81. The van der Waals surface area contributed by atoms with E-state index in [1.807, 2.05) is 12.3 Å². The van der Waals surface area contributed by atoms with Gasteiger partial charge in [0, 0.05) is 20.3 Å². The molecule has 0 unspecified atom stereocenters. The third-order valence-corrected chi connectivity index (χ3v) is 2.78. The molecule has 0 saturated heterocycles. The van der Waals surface area contributed by atoms with Crippen molar-refractivity contribution in [3.63, 3.8) is 0 Å². The van der Waals surface area contributed by atoms with Crippen LogP contribution in [0.25, 0.3) is 0 Å². The highest BCUT2D eigenvalue weighted by molar-refractivity contribution is 7.98. The van der Waals surface area contributed by atoms with E-state index in [1.54, 1.807) is 7.11 Å². The van der Waals surface area contributed by atoms with Gasteiger partial charge < -0.3 is 10.1 Å². The van der Waals surface area contributed by atoms with Gasteiger partial charge in [-0.25, -0.2) is 9.97 Å². The molecule has 0 saturated carbocycles. The average molecular weight is 273 g/mol. The van der Waals surface area contributed by atoms with E-state index in [1.165, 1.54) is 11.8 Å². The number of nitrogens with zero attached hydrogens (tertiary/aromatic N) is 3. The number of aromatic nitrogens is 2. The molecule has 7 heteroatoms. The van der Waals surface area contributed by atoms with E-state index in [4.69, 9.17) is 21.6 Å². The van der Waals surface area contributed by atoms with Crippen LogP contribution in [0.1, 0.15) is 12.0 Å². The fourth-order valence-corrected chi connectivity index (χ4v) is 1.78. The van der Waals surface area contributed by atoms with Crippen molar-refractivity contribution in [2.75, 3.05) is 31.8 Å². The van der Waals surface area contributed by atoms with Crippen molar-refractivity contribution in [1.82, 2.24) is 9.97 Å². The van der Waals surface area contributed by atoms with E-state index < -0.39 is 0 Å². The van der Waals surface area contributed by atoms with Gasteiger partial charge in [-0.1, -0.05) is 23.4 Å². The number of rotatable bonds is 6. The Labute approximate surface area is 110 Å². The monoisotopic (exact) mass is 272 g/mol. The number of nitriles is 1. The zero-order chi connectivity index (χ0) is 12.7. The molecule has 92 valence electrons. The summed E-state index contributed by atoms with van der Waals surface area (Å²) in [6.45, 7) is 1.33. The first kappa shape index (κ1) is 14.0. The predicted octanol–water partition coefficient (Wildman–Crippen LogP) is 2.17. The lowest BCUT2D eigenvalue weighted by molar-refractivity contribution is 0.197. The molecule has 0 bridgehead atoms. The van der Waals surface area contributed by atoms with Crippen molar-refractivity contribution in [3.05, 3.63) is 10.7 Å². The van der Waals surface area contributed by atoms with Gasteiger partial charge in [0.25, 0.3) is 0 Å². The van der Waals surface area contributed by atoms with Gasteiger partial charge in [0.05, 0.1) is 0 Å². The summed E-state index contributed by atoms with van der Waals surface area (Å²) in [5.74, 6) is 0.480. The van der Waals surface area contributed by atoms with Crippen LogP contribution in [-0.2, 0) is 4.74 Å². The van der Waals surface area contributed by atoms with Gasteiger partial charge in [-0.15, -0.1) is 0 Å². The minimum Gasteiger partial charge on any atom is -0.385 e. The van der Waals surface area contributed by atoms with Crippen molar-refractivity contribution < 1.29 is 4.74 Å². The van der Waals surface area contributed by atoms with Crippen LogP contribution in [0, 0.1) is 11.3 Å². The van der Waals surface area contributed by atoms with Gasteiger partial charge in [-0.05, 0) is 12.7 Å². The molecule has 5 nitrogen and oxygen atoms in total. The molecule has 1 rings (SSSR count). The Morgan fingerprint density at radius 1 is 1.53 bits per heavy atom. The van der Waals surface area contributed by atoms with Gasteiger partial charge in [0.1, 0.15) is 17.5 Å². The Kier molecular flexibility index (Phi) is 6.05. The third-order valence-electron chi connectivity index (χ3n) is 1.96. The molecule has 1 aromatic rings. The normalized spacial score (nSPS) is 10.0. The highest BCUT2D eigenvalue weighted by atomic mass is 35.5. The fraction of sp³-hybridized carbons (Fsp3) is 0.500. The van der Waals surface area contributed by atoms with Crippen LogP contribution in [0.5, 0.6) is 0 Å². The van der Waals surface area contributed by atoms with Crippen LogP contribution < -0.4 is 5.32 Å². The molecular weight excluding hydrogens is 260 g/mol. The summed E-state index contributed by atoms with van der Waals surface area (Å²) in [5, 5.41) is 12.8. The number of hydrogen-bond acceptors (Lipinski definition) is 6. The molecule has 1 aromatic heterocycles. The molecule has 0 aliphatic heterocycles. The maximum absolute atomic E-state index is 8.98. The molecule has 0 spiro atoms. The Bertz CT molecular complexity index is 422. The maximum Gasteiger partial charge on any atom is 0.190 e. The van der Waals surface area contributed by atoms with E-state index in [2.05, 4.69) is 15.3 Å². The molecule has 17 heavy (non-hydrogen) atoms. The lowest BCUT2D eigenvalue weighted by atomic mass is 10.3. The van der Waals surface area contributed by atoms with Crippen LogP contribution in [0.3, 0.4) is 0 Å². The van der Waals surface area contributed by atoms with E-state index in [-0.39, 0.29) is 10.7 Å². The van der Waals surface area contributed by atoms with Crippen molar-refractivity contribution in [3.8, 4) is 6.07 Å². The van der Waals surface area contributed by atoms with Crippen molar-refractivity contribution in [2.24, 2.45) is 0 Å². The quantitative estimate of drug-likeness (QED) is 0.370. The lowest BCUT2D eigenvalue weighted by Gasteiger charge is -2.08. The smallest absolute Gasteiger partial charge is 0.190 e. The van der Waals surface area contributed by atoms with Crippen LogP contribution in [0.2, 0.25) is 5.15 Å². The summed E-state index contributed by atoms with van der Waals surface area (Å²) >= 11 is 7.28. The molecule has 0 fully saturated rings. The van der Waals surface area contributed by atoms with Crippen LogP contribution in [0.4, 0.5) is 5.82 Å². The van der Waals surface area contributed by atoms with Gasteiger partial charge in [-0.2, -0.15) is 5.26 Å². The molecule has 1 N–H and O–H groups in total. The molecule has 0 atom stereocenters. The van der Waals surface area contributed by atoms with Crippen molar-refractivity contribution in [2.45, 2.75) is 11.6 Å². The van der Waals surface area contributed by atoms with Gasteiger partial charge >= 0.3 is 0 Å². The Hall–Kier alpha value is -1.03. The van der Waals surface area contributed by atoms with Crippen LogP contribution in [0.15, 0.2) is 5.16 Å². The average Bonchev–Trinajstić information content (AvgIpc) is 2.34. The fourth-order valence-electron chi connectivity index (χ4n) is 1.16. The number of hydrogen-bond donors (Lipinski definition) is 1. The number of thioether (sulfide) groups is 1. The molecule has 0 radical (unpaired) electrons. The standard InChI is InChI=1S/C10H13ClN4OS/c1-16-5-3-4-13-9-7(6-12)8(11)14-10(15-9)17-2/h3-5H2,1-2H3,(H,13,14,15). The Morgan fingerprint density at radius 3 is 2.88 bits per heavy atom. The predicted molar refractivity (Wildman–Crippen MR) is 68.5 cm³/mol. The minimum atomic E-state index is 0.182. The summed E-state index contributed by atoms with van der Waals surface area (Å²) in [4.78, 5) is 8.21. The Morgan fingerprint density at radius 2 is 2.29 bits per heavy atom. The first-order valence-corrected chi connectivity index (χ1v) is 6.57. The number of halogens is 1. The van der Waals surface area contributed by atoms with Gasteiger partial charge in [-0.3, -0.25) is 0 Å². The largest absolute Gasteiger partial charge is 0.385 e. The topological polar surface area (TPSA) is 70.8 Å². The van der Waals surface area contributed by atoms with Crippen LogP contribution >= 0.6 is 23.4 Å². The van der Waals surface area contributed by atoms with Crippen LogP contribution in [-0.4, -0.2) is 36.5 Å². The van der Waals surface area contributed by atoms with Crippen molar-refractivity contribution in [1.29, 1.82) is 5.26 Å². The molecule has 0 amide bonds. The van der Waals surface area contributed by atoms with E-state index >= 15 is 0 Å². The second-order valence-electron chi connectivity index (χ2n) is 3.11. The molecule has 0 aliphatic carbocycles. The van der Waals surface area contributed by atoms with Gasteiger partial charge in [0.15, 0.2) is 10.3 Å². The first-order valence-electron chi connectivity index (χ1n) is 4.97. The summed E-state index contributed by atoms with van der Waals surface area (Å²) in [5.41, 5.74) is 0.280. The summed E-state index contributed by atoms with van der Waals surface area (Å²) in [6.07, 6.45) is 2.68. The number of nitrogens with one attached hydrogen (secondary N) is 1. The number of methoxy groups -OCH3 is 1. The highest BCUT2D eigenvalue weighted by Crippen LogP contribution is 2.23. The first-order chi connectivity index (χ1) is 8.22. The SMILES string of the molecule is COCCCNc1nc(SC)nc(Cl)c1C#N. The molecule has 1 heterocycles. The summed E-state index contributed by atoms with van der Waals surface area (Å²) < 4.78 is 4.94. The zero-order valence-electron chi connectivity index (χ0n) is 9.66. The number of ether oxygens (including phenoxy) is 1. The second-order valence-corrected chi connectivity index (χ2v) is 4.24. The minimum absolute atomic E-state index is 0.182. The van der Waals surface area contributed by atoms with Crippen molar-refractivity contribution >= 4 is 29.2 Å². The highest BCUT2D eigenvalue weighted by Gasteiger charge is 2.11. The van der Waals surface area contributed by atoms with E-state index in [9.17, 15) is 0 Å². The van der Waals surface area contributed by atoms with E-state index in [0.29, 0.717) is 24.1 Å². The molecule has 0 aliphatic rings. The lowest BCUT2D eigenvalue weighted by Crippen LogP contribution is -2.09. The summed E-state index contributed by atoms with van der Waals surface area (Å²) in [7, 11) is 1.65. The summed E-state index contributed by atoms with van der Waals surface area (Å²) in [6, 6.07) is 2.00.